The van der Waals surface area contributed by atoms with Gasteiger partial charge in [-0.15, -0.1) is 0 Å². The van der Waals surface area contributed by atoms with E-state index in [2.05, 4.69) is 63.6 Å². The third-order valence-electron chi connectivity index (χ3n) is 9.45. The van der Waals surface area contributed by atoms with Crippen molar-refractivity contribution in [1.29, 1.82) is 0 Å². The molecule has 0 aliphatic heterocycles. The number of aliphatic imine (C=N–C) groups is 1. The molecule has 6 N–H and O–H groups in total. The van der Waals surface area contributed by atoms with Crippen LogP contribution in [0, 0.1) is 23.7 Å². The standard InChI is InChI=1S/C31H44N4O3/c1-21(17-24-18-22-7-3-4-9-28(22)35-24)25-19-27-26(31(38)11-5-8-23(25)20-31)10-12-30(27,37)13-15-34-29(32-2)33-14-6-16-36/h3-5,7-9,18,23,25-27,35-38H,1,6,10-17,19-20H2,2H3,(H2,32,33,34). The van der Waals surface area contributed by atoms with E-state index in [0.29, 0.717) is 44.7 Å². The lowest BCUT2D eigenvalue weighted by Crippen LogP contribution is -2.46. The van der Waals surface area contributed by atoms with Gasteiger partial charge in [0.05, 0.1) is 11.2 Å². The summed E-state index contributed by atoms with van der Waals surface area (Å²) in [6, 6.07) is 10.6. The predicted molar refractivity (Wildman–Crippen MR) is 153 cm³/mol. The van der Waals surface area contributed by atoms with E-state index < -0.39 is 11.2 Å². The van der Waals surface area contributed by atoms with Gasteiger partial charge in [0.1, 0.15) is 0 Å². The second kappa shape index (κ2) is 11.2. The molecule has 206 valence electrons. The first-order chi connectivity index (χ1) is 18.3. The van der Waals surface area contributed by atoms with Gasteiger partial charge >= 0.3 is 0 Å². The molecule has 2 aromatic rings. The minimum absolute atomic E-state index is 0.0213. The van der Waals surface area contributed by atoms with Crippen molar-refractivity contribution in [3.05, 3.63) is 60.3 Å². The third-order valence-corrected chi connectivity index (χ3v) is 9.45. The number of aromatic nitrogens is 1. The SMILES string of the molecule is C=C(Cc1cc2ccccc2[nH]1)C1CC2C(CCC2(O)CCNC(=NC)NCCCO)C2(O)CC=CC1C2. The molecule has 2 fully saturated rings. The van der Waals surface area contributed by atoms with Crippen LogP contribution in [-0.4, -0.2) is 64.2 Å². The lowest BCUT2D eigenvalue weighted by Gasteiger charge is -2.40. The van der Waals surface area contributed by atoms with E-state index in [9.17, 15) is 10.2 Å². The number of hydrogen-bond acceptors (Lipinski definition) is 4. The molecule has 7 heteroatoms. The minimum Gasteiger partial charge on any atom is -0.396 e. The summed E-state index contributed by atoms with van der Waals surface area (Å²) in [7, 11) is 1.73. The normalized spacial score (nSPS) is 32.7. The number of H-pyrrole nitrogens is 1. The number of hydrogen-bond donors (Lipinski definition) is 6. The monoisotopic (exact) mass is 520 g/mol. The molecular weight excluding hydrogens is 476 g/mol. The summed E-state index contributed by atoms with van der Waals surface area (Å²) in [5.74, 6) is 1.25. The van der Waals surface area contributed by atoms with Crippen LogP contribution in [0.2, 0.25) is 0 Å². The Morgan fingerprint density at radius 1 is 1.18 bits per heavy atom. The van der Waals surface area contributed by atoms with Crippen LogP contribution in [0.4, 0.5) is 0 Å². The second-order valence-electron chi connectivity index (χ2n) is 11.8. The lowest BCUT2D eigenvalue weighted by atomic mass is 9.71. The highest BCUT2D eigenvalue weighted by molar-refractivity contribution is 5.80. The molecular formula is C31H44N4O3. The van der Waals surface area contributed by atoms with Crippen molar-refractivity contribution >= 4 is 16.9 Å². The minimum atomic E-state index is -0.839. The summed E-state index contributed by atoms with van der Waals surface area (Å²) < 4.78 is 0. The van der Waals surface area contributed by atoms with Crippen LogP contribution >= 0.6 is 0 Å². The quantitative estimate of drug-likeness (QED) is 0.131. The average Bonchev–Trinajstić information content (AvgIpc) is 3.44. The van der Waals surface area contributed by atoms with Crippen LogP contribution in [0.5, 0.6) is 0 Å². The van der Waals surface area contributed by atoms with Crippen LogP contribution < -0.4 is 10.6 Å². The molecule has 3 aliphatic carbocycles. The van der Waals surface area contributed by atoms with Crippen molar-refractivity contribution in [1.82, 2.24) is 15.6 Å². The molecule has 1 aromatic heterocycles. The van der Waals surface area contributed by atoms with E-state index in [0.717, 1.165) is 36.9 Å². The Hall–Kier alpha value is -2.61. The second-order valence-corrected chi connectivity index (χ2v) is 11.8. The fourth-order valence-electron chi connectivity index (χ4n) is 7.52. The third kappa shape index (κ3) is 5.42. The molecule has 1 aromatic carbocycles. The molecule has 0 radical (unpaired) electrons. The van der Waals surface area contributed by atoms with E-state index in [1.807, 2.05) is 6.07 Å². The number of rotatable bonds is 9. The number of aromatic amines is 1. The number of benzene rings is 1. The molecule has 6 atom stereocenters. The molecule has 2 saturated carbocycles. The van der Waals surface area contributed by atoms with E-state index in [1.165, 1.54) is 11.0 Å². The van der Waals surface area contributed by atoms with Gasteiger partial charge < -0.3 is 30.9 Å². The highest BCUT2D eigenvalue weighted by Gasteiger charge is 2.57. The first-order valence-electron chi connectivity index (χ1n) is 14.3. The van der Waals surface area contributed by atoms with Gasteiger partial charge in [-0.1, -0.05) is 42.5 Å². The van der Waals surface area contributed by atoms with Crippen molar-refractivity contribution in [3.63, 3.8) is 0 Å². The maximum atomic E-state index is 12.0. The Labute approximate surface area is 226 Å². The zero-order valence-electron chi connectivity index (χ0n) is 22.6. The predicted octanol–water partition coefficient (Wildman–Crippen LogP) is 3.68. The summed E-state index contributed by atoms with van der Waals surface area (Å²) in [6.45, 7) is 5.96. The van der Waals surface area contributed by atoms with Gasteiger partial charge in [-0.2, -0.15) is 0 Å². The van der Waals surface area contributed by atoms with Gasteiger partial charge in [-0.25, -0.2) is 0 Å². The van der Waals surface area contributed by atoms with Crippen molar-refractivity contribution in [2.75, 3.05) is 26.7 Å². The lowest BCUT2D eigenvalue weighted by molar-refractivity contribution is -0.0745. The van der Waals surface area contributed by atoms with Gasteiger partial charge in [0.25, 0.3) is 0 Å². The van der Waals surface area contributed by atoms with Crippen LogP contribution in [0.25, 0.3) is 10.9 Å². The topological polar surface area (TPSA) is 113 Å². The van der Waals surface area contributed by atoms with Crippen LogP contribution in [-0.2, 0) is 6.42 Å². The highest BCUT2D eigenvalue weighted by Crippen LogP contribution is 2.57. The van der Waals surface area contributed by atoms with Gasteiger partial charge in [-0.3, -0.25) is 4.99 Å². The zero-order valence-corrected chi connectivity index (χ0v) is 22.6. The van der Waals surface area contributed by atoms with Crippen LogP contribution in [0.15, 0.2) is 59.6 Å². The summed E-state index contributed by atoms with van der Waals surface area (Å²) in [5.41, 5.74) is 1.88. The Morgan fingerprint density at radius 2 is 2.00 bits per heavy atom. The van der Waals surface area contributed by atoms with Crippen LogP contribution in [0.1, 0.15) is 50.6 Å². The molecule has 38 heavy (non-hydrogen) atoms. The maximum absolute atomic E-state index is 12.0. The summed E-state index contributed by atoms with van der Waals surface area (Å²) in [4.78, 5) is 7.81. The number of nitrogens with one attached hydrogen (secondary N) is 3. The molecule has 0 amide bonds. The number of para-hydroxylation sites is 1. The Kier molecular flexibility index (Phi) is 7.98. The summed E-state index contributed by atoms with van der Waals surface area (Å²) in [6.07, 6.45) is 10.3. The highest BCUT2D eigenvalue weighted by atomic mass is 16.3. The fraction of sp³-hybridized carbons (Fsp3) is 0.581. The first-order valence-corrected chi connectivity index (χ1v) is 14.3. The fourth-order valence-corrected chi connectivity index (χ4v) is 7.52. The molecule has 0 saturated heterocycles. The Balaban J connectivity index is 1.31. The number of allylic oxidation sites excluding steroid dienone is 2. The van der Waals surface area contributed by atoms with E-state index >= 15 is 0 Å². The zero-order chi connectivity index (χ0) is 26.8. The molecule has 0 spiro atoms. The number of nitrogens with zero attached hydrogens (tertiary/aromatic N) is 1. The smallest absolute Gasteiger partial charge is 0.190 e. The Bertz CT molecular complexity index is 1160. The summed E-state index contributed by atoms with van der Waals surface area (Å²) in [5, 5.41) is 40.7. The number of aliphatic hydroxyl groups is 3. The number of guanidine groups is 1. The van der Waals surface area contributed by atoms with Crippen molar-refractivity contribution in [2.45, 2.75) is 62.6 Å². The van der Waals surface area contributed by atoms with Gasteiger partial charge in [0.15, 0.2) is 5.96 Å². The summed E-state index contributed by atoms with van der Waals surface area (Å²) >= 11 is 0. The average molecular weight is 521 g/mol. The van der Waals surface area contributed by atoms with Gasteiger partial charge in [0.2, 0.25) is 0 Å². The molecule has 2 bridgehead atoms. The maximum Gasteiger partial charge on any atom is 0.190 e. The first kappa shape index (κ1) is 27.0. The van der Waals surface area contributed by atoms with E-state index in [1.54, 1.807) is 7.05 Å². The molecule has 6 unspecified atom stereocenters. The Morgan fingerprint density at radius 3 is 2.79 bits per heavy atom. The van der Waals surface area contributed by atoms with Gasteiger partial charge in [-0.05, 0) is 86.1 Å². The van der Waals surface area contributed by atoms with Crippen molar-refractivity contribution in [2.24, 2.45) is 28.7 Å². The van der Waals surface area contributed by atoms with E-state index in [4.69, 9.17) is 5.11 Å². The number of fused-ring (bicyclic) bond motifs is 5. The van der Waals surface area contributed by atoms with Crippen molar-refractivity contribution in [3.8, 4) is 0 Å². The van der Waals surface area contributed by atoms with E-state index in [-0.39, 0.29) is 30.3 Å². The van der Waals surface area contributed by atoms with Crippen molar-refractivity contribution < 1.29 is 15.3 Å². The van der Waals surface area contributed by atoms with Gasteiger partial charge in [0, 0.05) is 44.4 Å². The molecule has 3 aliphatic rings. The largest absolute Gasteiger partial charge is 0.396 e. The molecule has 7 nitrogen and oxygen atoms in total. The van der Waals surface area contributed by atoms with Crippen LogP contribution in [0.3, 0.4) is 0 Å². The molecule has 1 heterocycles. The molecule has 5 rings (SSSR count). The number of aliphatic hydroxyl groups excluding tert-OH is 1.